The van der Waals surface area contributed by atoms with Gasteiger partial charge in [-0.25, -0.2) is 4.98 Å². The van der Waals surface area contributed by atoms with Gasteiger partial charge in [-0.3, -0.25) is 9.36 Å². The third kappa shape index (κ3) is 1.72. The minimum atomic E-state index is 0.0898. The molecule has 94 valence electrons. The first-order valence-electron chi connectivity index (χ1n) is 6.31. The molecule has 0 amide bonds. The fourth-order valence-corrected chi connectivity index (χ4v) is 3.98. The van der Waals surface area contributed by atoms with Crippen LogP contribution in [0.2, 0.25) is 0 Å². The summed E-state index contributed by atoms with van der Waals surface area (Å²) in [6.45, 7) is 6.48. The Labute approximate surface area is 110 Å². The van der Waals surface area contributed by atoms with Crippen LogP contribution in [-0.4, -0.2) is 9.55 Å². The summed E-state index contributed by atoms with van der Waals surface area (Å²) in [6.07, 6.45) is 6.66. The molecule has 1 atom stereocenters. The summed E-state index contributed by atoms with van der Waals surface area (Å²) in [5.41, 5.74) is 1.34. The number of nitrogens with zero attached hydrogens (tertiary/aromatic N) is 2. The predicted molar refractivity (Wildman–Crippen MR) is 75.3 cm³/mol. The van der Waals surface area contributed by atoms with E-state index in [0.717, 1.165) is 29.0 Å². The zero-order chi connectivity index (χ0) is 12.7. The second kappa shape index (κ2) is 4.35. The van der Waals surface area contributed by atoms with E-state index in [9.17, 15) is 4.79 Å². The van der Waals surface area contributed by atoms with Crippen molar-refractivity contribution in [2.75, 3.05) is 0 Å². The summed E-state index contributed by atoms with van der Waals surface area (Å²) in [4.78, 5) is 19.1. The van der Waals surface area contributed by atoms with Crippen molar-refractivity contribution in [1.29, 1.82) is 0 Å². The van der Waals surface area contributed by atoms with Gasteiger partial charge in [-0.15, -0.1) is 17.9 Å². The van der Waals surface area contributed by atoms with Gasteiger partial charge in [0.05, 0.1) is 11.7 Å². The first-order valence-corrected chi connectivity index (χ1v) is 7.13. The molecule has 1 aliphatic rings. The van der Waals surface area contributed by atoms with Gasteiger partial charge in [0, 0.05) is 11.4 Å². The highest BCUT2D eigenvalue weighted by molar-refractivity contribution is 7.18. The van der Waals surface area contributed by atoms with Gasteiger partial charge >= 0.3 is 0 Å². The quantitative estimate of drug-likeness (QED) is 0.778. The Hall–Kier alpha value is -1.42. The number of rotatable bonds is 2. The average molecular weight is 260 g/mol. The van der Waals surface area contributed by atoms with E-state index in [1.165, 1.54) is 16.9 Å². The summed E-state index contributed by atoms with van der Waals surface area (Å²) in [7, 11) is 0. The van der Waals surface area contributed by atoms with E-state index in [0.29, 0.717) is 6.54 Å². The summed E-state index contributed by atoms with van der Waals surface area (Å²) in [6, 6.07) is 0. The Morgan fingerprint density at radius 3 is 3.28 bits per heavy atom. The number of allylic oxidation sites excluding steroid dienone is 1. The van der Waals surface area contributed by atoms with Gasteiger partial charge in [-0.2, -0.15) is 0 Å². The van der Waals surface area contributed by atoms with Crippen LogP contribution >= 0.6 is 11.3 Å². The molecule has 0 aliphatic heterocycles. The summed E-state index contributed by atoms with van der Waals surface area (Å²) in [5, 5.41) is 0.853. The van der Waals surface area contributed by atoms with Gasteiger partial charge in [0.15, 0.2) is 0 Å². The highest BCUT2D eigenvalue weighted by Crippen LogP contribution is 2.35. The Kier molecular flexibility index (Phi) is 2.82. The standard InChI is InChI=1S/C14H16N2OS/c1-3-6-16-8-15-13-12(14(16)17)10-5-4-9(2)7-11(10)18-13/h3,8-9H,1,4-7H2,2H3/t9-/m0/s1. The highest BCUT2D eigenvalue weighted by Gasteiger charge is 2.22. The number of fused-ring (bicyclic) bond motifs is 3. The van der Waals surface area contributed by atoms with Crippen molar-refractivity contribution < 1.29 is 0 Å². The van der Waals surface area contributed by atoms with E-state index in [4.69, 9.17) is 0 Å². The molecule has 2 heterocycles. The van der Waals surface area contributed by atoms with Gasteiger partial charge in [0.2, 0.25) is 0 Å². The fourth-order valence-electron chi connectivity index (χ4n) is 2.64. The van der Waals surface area contributed by atoms with E-state index >= 15 is 0 Å². The molecule has 0 bridgehead atoms. The largest absolute Gasteiger partial charge is 0.295 e. The molecule has 0 saturated heterocycles. The average Bonchev–Trinajstić information content (AvgIpc) is 2.71. The highest BCUT2D eigenvalue weighted by atomic mass is 32.1. The summed E-state index contributed by atoms with van der Waals surface area (Å²) >= 11 is 1.69. The number of thiophene rings is 1. The molecule has 0 saturated carbocycles. The number of hydrogen-bond donors (Lipinski definition) is 0. The molecule has 0 N–H and O–H groups in total. The second-order valence-corrected chi connectivity index (χ2v) is 6.11. The maximum atomic E-state index is 12.4. The number of hydrogen-bond acceptors (Lipinski definition) is 3. The molecule has 18 heavy (non-hydrogen) atoms. The summed E-state index contributed by atoms with van der Waals surface area (Å²) < 4.78 is 1.64. The molecular weight excluding hydrogens is 244 g/mol. The lowest BCUT2D eigenvalue weighted by molar-refractivity contribution is 0.509. The first-order chi connectivity index (χ1) is 8.70. The molecule has 3 rings (SSSR count). The number of aromatic nitrogens is 2. The molecule has 1 aliphatic carbocycles. The molecule has 0 fully saturated rings. The van der Waals surface area contributed by atoms with Crippen molar-refractivity contribution >= 4 is 21.6 Å². The Balaban J connectivity index is 2.25. The molecule has 2 aromatic heterocycles. The van der Waals surface area contributed by atoms with Crippen LogP contribution in [0, 0.1) is 5.92 Å². The smallest absolute Gasteiger partial charge is 0.262 e. The third-order valence-electron chi connectivity index (χ3n) is 3.61. The van der Waals surface area contributed by atoms with E-state index in [-0.39, 0.29) is 5.56 Å². The van der Waals surface area contributed by atoms with E-state index in [1.54, 1.807) is 28.3 Å². The van der Waals surface area contributed by atoms with Crippen molar-refractivity contribution in [2.24, 2.45) is 5.92 Å². The zero-order valence-electron chi connectivity index (χ0n) is 10.5. The van der Waals surface area contributed by atoms with E-state index in [1.807, 2.05) is 0 Å². The van der Waals surface area contributed by atoms with Crippen LogP contribution in [0.4, 0.5) is 0 Å². The van der Waals surface area contributed by atoms with Gasteiger partial charge in [-0.05, 0) is 30.7 Å². The second-order valence-electron chi connectivity index (χ2n) is 5.02. The minimum Gasteiger partial charge on any atom is -0.295 e. The monoisotopic (exact) mass is 260 g/mol. The molecule has 0 radical (unpaired) electrons. The minimum absolute atomic E-state index is 0.0898. The Bertz CT molecular complexity index is 668. The van der Waals surface area contributed by atoms with Gasteiger partial charge in [-0.1, -0.05) is 13.0 Å². The van der Waals surface area contributed by atoms with Crippen molar-refractivity contribution in [3.63, 3.8) is 0 Å². The Morgan fingerprint density at radius 1 is 1.67 bits per heavy atom. The van der Waals surface area contributed by atoms with Crippen LogP contribution in [0.25, 0.3) is 10.2 Å². The maximum Gasteiger partial charge on any atom is 0.262 e. The molecular formula is C14H16N2OS. The Morgan fingerprint density at radius 2 is 2.50 bits per heavy atom. The van der Waals surface area contributed by atoms with Crippen molar-refractivity contribution in [3.8, 4) is 0 Å². The predicted octanol–water partition coefficient (Wildman–Crippen LogP) is 2.77. The molecule has 2 aromatic rings. The van der Waals surface area contributed by atoms with E-state index < -0.39 is 0 Å². The van der Waals surface area contributed by atoms with Crippen LogP contribution in [0.3, 0.4) is 0 Å². The van der Waals surface area contributed by atoms with Crippen LogP contribution in [0.15, 0.2) is 23.8 Å². The van der Waals surface area contributed by atoms with E-state index in [2.05, 4.69) is 18.5 Å². The van der Waals surface area contributed by atoms with Gasteiger partial charge in [0.25, 0.3) is 5.56 Å². The molecule has 0 spiro atoms. The maximum absolute atomic E-state index is 12.4. The topological polar surface area (TPSA) is 34.9 Å². The van der Waals surface area contributed by atoms with Gasteiger partial charge < -0.3 is 0 Å². The van der Waals surface area contributed by atoms with Crippen LogP contribution in [0.5, 0.6) is 0 Å². The molecule has 4 heteroatoms. The third-order valence-corrected chi connectivity index (χ3v) is 4.77. The number of aryl methyl sites for hydroxylation is 1. The first kappa shape index (κ1) is 11.7. The SMILES string of the molecule is C=CCn1cnc2sc3c(c2c1=O)CC[C@H](C)C3. The molecule has 3 nitrogen and oxygen atoms in total. The van der Waals surface area contributed by atoms with Crippen LogP contribution in [0.1, 0.15) is 23.8 Å². The van der Waals surface area contributed by atoms with Crippen molar-refractivity contribution in [2.45, 2.75) is 32.7 Å². The summed E-state index contributed by atoms with van der Waals surface area (Å²) in [5.74, 6) is 0.723. The molecule has 0 unspecified atom stereocenters. The van der Waals surface area contributed by atoms with Gasteiger partial charge in [0.1, 0.15) is 4.83 Å². The lowest BCUT2D eigenvalue weighted by Gasteiger charge is -2.17. The van der Waals surface area contributed by atoms with Crippen LogP contribution in [-0.2, 0) is 19.4 Å². The lowest BCUT2D eigenvalue weighted by Crippen LogP contribution is -2.20. The fraction of sp³-hybridized carbons (Fsp3) is 0.429. The molecule has 0 aromatic carbocycles. The van der Waals surface area contributed by atoms with Crippen LogP contribution < -0.4 is 5.56 Å². The van der Waals surface area contributed by atoms with Crippen molar-refractivity contribution in [3.05, 3.63) is 39.8 Å². The zero-order valence-corrected chi connectivity index (χ0v) is 11.3. The van der Waals surface area contributed by atoms with Crippen molar-refractivity contribution in [1.82, 2.24) is 9.55 Å². The lowest BCUT2D eigenvalue weighted by atomic mass is 9.89. The normalized spacial score (nSPS) is 18.8.